The molecule has 3 saturated heterocycles. The van der Waals surface area contributed by atoms with Gasteiger partial charge in [0.25, 0.3) is 5.91 Å². The number of fused-ring (bicyclic) bond motifs is 4. The summed E-state index contributed by atoms with van der Waals surface area (Å²) < 4.78 is 10.1. The summed E-state index contributed by atoms with van der Waals surface area (Å²) in [5.41, 5.74) is 0.819. The van der Waals surface area contributed by atoms with Crippen LogP contribution in [-0.2, 0) is 9.53 Å². The van der Waals surface area contributed by atoms with Crippen LogP contribution >= 0.6 is 0 Å². The fourth-order valence-corrected chi connectivity index (χ4v) is 4.05. The number of piperidine rings is 3. The Morgan fingerprint density at radius 2 is 2.11 bits per heavy atom. The lowest BCUT2D eigenvalue weighted by molar-refractivity contribution is -0.133. The van der Waals surface area contributed by atoms with Crippen molar-refractivity contribution in [1.29, 1.82) is 0 Å². The van der Waals surface area contributed by atoms with E-state index in [4.69, 9.17) is 4.42 Å². The molecule has 2 aromatic heterocycles. The summed E-state index contributed by atoms with van der Waals surface area (Å²) in [5.74, 6) is 4.93. The molecule has 7 nitrogen and oxygen atoms in total. The molecule has 0 radical (unpaired) electrons. The van der Waals surface area contributed by atoms with Crippen LogP contribution in [-0.4, -0.2) is 54.0 Å². The first kappa shape index (κ1) is 17.6. The fourth-order valence-electron chi connectivity index (χ4n) is 4.05. The van der Waals surface area contributed by atoms with Gasteiger partial charge in [-0.15, -0.1) is 0 Å². The highest BCUT2D eigenvalue weighted by Gasteiger charge is 2.40. The van der Waals surface area contributed by atoms with Gasteiger partial charge in [-0.25, -0.2) is 4.79 Å². The number of nitrogens with zero attached hydrogens (tertiary/aromatic N) is 2. The van der Waals surface area contributed by atoms with Gasteiger partial charge in [0, 0.05) is 41.7 Å². The quantitative estimate of drug-likeness (QED) is 0.641. The lowest BCUT2D eigenvalue weighted by Gasteiger charge is -2.49. The summed E-state index contributed by atoms with van der Waals surface area (Å²) in [7, 11) is 1.26. The predicted molar refractivity (Wildman–Crippen MR) is 97.9 cm³/mol. The van der Waals surface area contributed by atoms with Crippen molar-refractivity contribution >= 4 is 22.8 Å². The molecule has 0 aliphatic carbocycles. The van der Waals surface area contributed by atoms with Crippen LogP contribution in [0.4, 0.5) is 0 Å². The smallest absolute Gasteiger partial charge is 0.384 e. The summed E-state index contributed by atoms with van der Waals surface area (Å²) in [6.45, 7) is 4.40. The number of rotatable bonds is 2. The van der Waals surface area contributed by atoms with Gasteiger partial charge in [0.1, 0.15) is 11.3 Å². The van der Waals surface area contributed by atoms with Crippen LogP contribution in [0, 0.1) is 17.8 Å². The second kappa shape index (κ2) is 7.05. The van der Waals surface area contributed by atoms with Gasteiger partial charge in [0.15, 0.2) is 5.76 Å². The van der Waals surface area contributed by atoms with Gasteiger partial charge in [-0.3, -0.25) is 14.7 Å². The van der Waals surface area contributed by atoms with E-state index in [0.29, 0.717) is 29.0 Å². The molecular weight excluding hydrogens is 346 g/mol. The monoisotopic (exact) mass is 367 g/mol. The number of nitrogens with one attached hydrogen (secondary N) is 1. The number of ether oxygens (including phenoxy) is 1. The molecule has 2 aromatic rings. The lowest BCUT2D eigenvalue weighted by Crippen LogP contribution is -2.62. The normalized spacial score (nSPS) is 26.3. The predicted octanol–water partition coefficient (Wildman–Crippen LogP) is 1.56. The van der Waals surface area contributed by atoms with E-state index in [0.717, 1.165) is 31.3 Å². The topological polar surface area (TPSA) is 84.7 Å². The van der Waals surface area contributed by atoms with Crippen LogP contribution < -0.4 is 5.32 Å². The van der Waals surface area contributed by atoms with E-state index in [-0.39, 0.29) is 11.9 Å². The minimum absolute atomic E-state index is 0.149. The number of methoxy groups -OCH3 is 1. The zero-order valence-electron chi connectivity index (χ0n) is 15.3. The first-order valence-corrected chi connectivity index (χ1v) is 9.09. The first-order valence-electron chi connectivity index (χ1n) is 9.09. The number of amides is 1. The molecule has 3 fully saturated rings. The highest BCUT2D eigenvalue weighted by Crippen LogP contribution is 2.32. The number of carbonyl (C=O) groups excluding carboxylic acids is 2. The van der Waals surface area contributed by atoms with E-state index in [1.807, 2.05) is 0 Å². The Hall–Kier alpha value is -2.85. The van der Waals surface area contributed by atoms with E-state index in [1.165, 1.54) is 7.11 Å². The summed E-state index contributed by atoms with van der Waals surface area (Å²) in [4.78, 5) is 30.5. The van der Waals surface area contributed by atoms with E-state index in [2.05, 4.69) is 38.7 Å². The average Bonchev–Trinajstić information content (AvgIpc) is 3.11. The van der Waals surface area contributed by atoms with Crippen molar-refractivity contribution in [1.82, 2.24) is 15.2 Å². The molecule has 1 amide bonds. The summed E-state index contributed by atoms with van der Waals surface area (Å²) >= 11 is 0. The Morgan fingerprint density at radius 1 is 1.33 bits per heavy atom. The Labute approximate surface area is 157 Å². The molecular formula is C20H21N3O4. The third-order valence-corrected chi connectivity index (χ3v) is 5.58. The van der Waals surface area contributed by atoms with Gasteiger partial charge in [-0.1, -0.05) is 0 Å². The molecule has 3 aliphatic heterocycles. The highest BCUT2D eigenvalue weighted by atomic mass is 16.5. The molecule has 7 heteroatoms. The van der Waals surface area contributed by atoms with Gasteiger partial charge in [-0.05, 0) is 44.7 Å². The van der Waals surface area contributed by atoms with Crippen molar-refractivity contribution in [3.8, 4) is 11.8 Å². The van der Waals surface area contributed by atoms with Crippen LogP contribution in [0.25, 0.3) is 11.0 Å². The molecule has 2 bridgehead atoms. The van der Waals surface area contributed by atoms with Crippen molar-refractivity contribution in [3.63, 3.8) is 0 Å². The zero-order chi connectivity index (χ0) is 19.0. The van der Waals surface area contributed by atoms with Crippen LogP contribution in [0.1, 0.15) is 36.0 Å². The molecule has 27 heavy (non-hydrogen) atoms. The minimum Gasteiger partial charge on any atom is -0.459 e. The van der Waals surface area contributed by atoms with Crippen molar-refractivity contribution < 1.29 is 18.7 Å². The zero-order valence-corrected chi connectivity index (χ0v) is 15.3. The molecule has 1 N–H and O–H groups in total. The van der Waals surface area contributed by atoms with E-state index in [9.17, 15) is 9.59 Å². The minimum atomic E-state index is -0.639. The van der Waals surface area contributed by atoms with Gasteiger partial charge in [0.2, 0.25) is 0 Å². The molecule has 0 unspecified atom stereocenters. The van der Waals surface area contributed by atoms with Crippen molar-refractivity contribution in [3.05, 3.63) is 29.8 Å². The van der Waals surface area contributed by atoms with Crippen molar-refractivity contribution in [2.75, 3.05) is 20.2 Å². The van der Waals surface area contributed by atoms with Gasteiger partial charge in [0.05, 0.1) is 7.11 Å². The molecule has 0 spiro atoms. The molecule has 0 aromatic carbocycles. The number of esters is 1. The number of furan rings is 1. The van der Waals surface area contributed by atoms with Crippen LogP contribution in [0.2, 0.25) is 0 Å². The van der Waals surface area contributed by atoms with E-state index in [1.54, 1.807) is 18.3 Å². The Kier molecular flexibility index (Phi) is 4.58. The molecule has 0 saturated carbocycles. The maximum Gasteiger partial charge on any atom is 0.384 e. The molecule has 5 rings (SSSR count). The van der Waals surface area contributed by atoms with Crippen molar-refractivity contribution in [2.45, 2.75) is 31.8 Å². The highest BCUT2D eigenvalue weighted by molar-refractivity contribution is 5.95. The standard InChI is InChI=1S/C20H21N3O4/c1-12-19(13-5-7-23(12)8-6-13)22-20(25)16-10-17-14(11-21-16)9-15(27-17)3-4-18(24)26-2/h9-13,19H,5-8H2,1-2H3,(H,22,25)/t12-,19+/m1/s1. The molecule has 5 heterocycles. The number of pyridine rings is 1. The SMILES string of the molecule is COC(=O)C#Cc1cc2cnc(C(=O)N[C@@H]3C4CCN(CC4)[C@@H]3C)cc2o1. The number of hydrogen-bond donors (Lipinski definition) is 1. The van der Waals surface area contributed by atoms with E-state index >= 15 is 0 Å². The third kappa shape index (κ3) is 3.40. The lowest BCUT2D eigenvalue weighted by atomic mass is 9.79. The van der Waals surface area contributed by atoms with Crippen LogP contribution in [0.3, 0.4) is 0 Å². The van der Waals surface area contributed by atoms with Crippen LogP contribution in [0.5, 0.6) is 0 Å². The first-order chi connectivity index (χ1) is 13.0. The van der Waals surface area contributed by atoms with Gasteiger partial charge >= 0.3 is 5.97 Å². The Bertz CT molecular complexity index is 945. The largest absolute Gasteiger partial charge is 0.459 e. The molecule has 140 valence electrons. The number of aromatic nitrogens is 1. The van der Waals surface area contributed by atoms with E-state index < -0.39 is 5.97 Å². The fraction of sp³-hybridized carbons (Fsp3) is 0.450. The molecule has 2 atom stereocenters. The van der Waals surface area contributed by atoms with Crippen molar-refractivity contribution in [2.24, 2.45) is 5.92 Å². The second-order valence-corrected chi connectivity index (χ2v) is 7.07. The Morgan fingerprint density at radius 3 is 2.81 bits per heavy atom. The molecule has 3 aliphatic rings. The number of hydrogen-bond acceptors (Lipinski definition) is 6. The second-order valence-electron chi connectivity index (χ2n) is 7.07. The average molecular weight is 367 g/mol. The Balaban J connectivity index is 1.52. The van der Waals surface area contributed by atoms with Crippen LogP contribution in [0.15, 0.2) is 22.7 Å². The third-order valence-electron chi connectivity index (χ3n) is 5.58. The summed E-state index contributed by atoms with van der Waals surface area (Å²) in [6.07, 6.45) is 3.83. The van der Waals surface area contributed by atoms with Gasteiger partial charge in [-0.2, -0.15) is 0 Å². The maximum absolute atomic E-state index is 12.7. The number of carbonyl (C=O) groups is 2. The van der Waals surface area contributed by atoms with Gasteiger partial charge < -0.3 is 14.5 Å². The summed E-state index contributed by atoms with van der Waals surface area (Å²) in [5, 5.41) is 3.88. The maximum atomic E-state index is 12.7. The summed E-state index contributed by atoms with van der Waals surface area (Å²) in [6, 6.07) is 3.78.